The van der Waals surface area contributed by atoms with Crippen molar-refractivity contribution in [2.24, 2.45) is 4.99 Å². The Labute approximate surface area is 76.7 Å². The van der Waals surface area contributed by atoms with Crippen molar-refractivity contribution in [2.45, 2.75) is 13.5 Å². The fraction of sp³-hybridized carbons (Fsp3) is 0.200. The number of aryl methyl sites for hydroxylation is 1. The molecule has 0 saturated heterocycles. The van der Waals surface area contributed by atoms with E-state index in [2.05, 4.69) is 11.7 Å². The summed E-state index contributed by atoms with van der Waals surface area (Å²) in [5.74, 6) is -0.893. The second-order valence-electron chi connectivity index (χ2n) is 2.84. The molecule has 0 aliphatic carbocycles. The van der Waals surface area contributed by atoms with Crippen molar-refractivity contribution in [1.29, 1.82) is 0 Å². The lowest BCUT2D eigenvalue weighted by Gasteiger charge is -2.02. The highest BCUT2D eigenvalue weighted by atomic mass is 16.4. The smallest absolute Gasteiger partial charge is 0.335 e. The van der Waals surface area contributed by atoms with Crippen molar-refractivity contribution >= 4 is 12.7 Å². The molecule has 0 atom stereocenters. The molecule has 0 amide bonds. The molecule has 0 bridgehead atoms. The van der Waals surface area contributed by atoms with Crippen LogP contribution < -0.4 is 0 Å². The minimum absolute atomic E-state index is 0.341. The summed E-state index contributed by atoms with van der Waals surface area (Å²) in [4.78, 5) is 14.4. The lowest BCUT2D eigenvalue weighted by molar-refractivity contribution is 0.0696. The Balaban J connectivity index is 3.05. The van der Waals surface area contributed by atoms with E-state index in [1.54, 1.807) is 19.1 Å². The van der Waals surface area contributed by atoms with E-state index in [4.69, 9.17) is 5.11 Å². The molecule has 3 nitrogen and oxygen atoms in total. The number of nitrogens with zero attached hydrogens (tertiary/aromatic N) is 1. The second-order valence-corrected chi connectivity index (χ2v) is 2.84. The van der Waals surface area contributed by atoms with E-state index in [1.807, 2.05) is 6.07 Å². The highest BCUT2D eigenvalue weighted by molar-refractivity contribution is 5.89. The molecule has 1 aromatic carbocycles. The normalized spacial score (nSPS) is 9.62. The lowest BCUT2D eigenvalue weighted by Crippen LogP contribution is -1.99. The summed E-state index contributed by atoms with van der Waals surface area (Å²) in [5, 5.41) is 8.75. The van der Waals surface area contributed by atoms with Gasteiger partial charge < -0.3 is 5.11 Å². The molecule has 0 aliphatic rings. The zero-order chi connectivity index (χ0) is 9.84. The van der Waals surface area contributed by atoms with Crippen molar-refractivity contribution in [3.8, 4) is 0 Å². The van der Waals surface area contributed by atoms with E-state index in [1.165, 1.54) is 0 Å². The Kier molecular flexibility index (Phi) is 2.80. The molecule has 0 saturated carbocycles. The zero-order valence-electron chi connectivity index (χ0n) is 7.45. The van der Waals surface area contributed by atoms with Crippen LogP contribution in [0.3, 0.4) is 0 Å². The van der Waals surface area contributed by atoms with Gasteiger partial charge in [-0.2, -0.15) is 0 Å². The van der Waals surface area contributed by atoms with Crippen LogP contribution in [0.25, 0.3) is 0 Å². The van der Waals surface area contributed by atoms with E-state index >= 15 is 0 Å². The third-order valence-electron chi connectivity index (χ3n) is 1.82. The van der Waals surface area contributed by atoms with E-state index in [0.29, 0.717) is 12.1 Å². The van der Waals surface area contributed by atoms with Gasteiger partial charge in [-0.3, -0.25) is 4.99 Å². The Morgan fingerprint density at radius 3 is 2.77 bits per heavy atom. The van der Waals surface area contributed by atoms with E-state index in [9.17, 15) is 4.79 Å². The van der Waals surface area contributed by atoms with Crippen molar-refractivity contribution in [3.63, 3.8) is 0 Å². The topological polar surface area (TPSA) is 49.7 Å². The van der Waals surface area contributed by atoms with Crippen LogP contribution >= 0.6 is 0 Å². The molecule has 0 radical (unpaired) electrons. The van der Waals surface area contributed by atoms with Gasteiger partial charge in [0.1, 0.15) is 0 Å². The van der Waals surface area contributed by atoms with Gasteiger partial charge in [-0.25, -0.2) is 4.79 Å². The van der Waals surface area contributed by atoms with Crippen molar-refractivity contribution in [3.05, 3.63) is 34.9 Å². The fourth-order valence-electron chi connectivity index (χ4n) is 1.19. The number of aromatic carboxylic acids is 1. The maximum absolute atomic E-state index is 10.7. The Morgan fingerprint density at radius 2 is 2.31 bits per heavy atom. The summed E-state index contributed by atoms with van der Waals surface area (Å²) in [7, 11) is 0. The van der Waals surface area contributed by atoms with Crippen LogP contribution in [0.15, 0.2) is 23.2 Å². The number of hydrogen-bond donors (Lipinski definition) is 1. The highest BCUT2D eigenvalue weighted by Gasteiger charge is 2.06. The third-order valence-corrected chi connectivity index (χ3v) is 1.82. The monoisotopic (exact) mass is 177 g/mol. The Bertz CT molecular complexity index is 345. The number of aliphatic imine (C=N–C) groups is 1. The van der Waals surface area contributed by atoms with Gasteiger partial charge in [-0.15, -0.1) is 0 Å². The summed E-state index contributed by atoms with van der Waals surface area (Å²) in [6.45, 7) is 5.68. The zero-order valence-corrected chi connectivity index (χ0v) is 7.45. The predicted molar refractivity (Wildman–Crippen MR) is 51.4 cm³/mol. The van der Waals surface area contributed by atoms with Gasteiger partial charge in [0.25, 0.3) is 0 Å². The number of carbonyl (C=O) groups is 1. The first-order chi connectivity index (χ1) is 6.15. The molecule has 1 N–H and O–H groups in total. The molecule has 68 valence electrons. The van der Waals surface area contributed by atoms with Crippen LogP contribution in [0.2, 0.25) is 0 Å². The molecule has 0 heterocycles. The van der Waals surface area contributed by atoms with Crippen LogP contribution in [0.5, 0.6) is 0 Å². The van der Waals surface area contributed by atoms with Gasteiger partial charge in [0, 0.05) is 0 Å². The summed E-state index contributed by atoms with van der Waals surface area (Å²) >= 11 is 0. The highest BCUT2D eigenvalue weighted by Crippen LogP contribution is 2.11. The molecular weight excluding hydrogens is 166 g/mol. The van der Waals surface area contributed by atoms with Gasteiger partial charge in [-0.1, -0.05) is 12.1 Å². The Morgan fingerprint density at radius 1 is 1.62 bits per heavy atom. The maximum atomic E-state index is 10.7. The first-order valence-electron chi connectivity index (χ1n) is 3.90. The minimum atomic E-state index is -0.893. The number of rotatable bonds is 3. The largest absolute Gasteiger partial charge is 0.478 e. The van der Waals surface area contributed by atoms with E-state index < -0.39 is 5.97 Å². The quantitative estimate of drug-likeness (QED) is 0.717. The van der Waals surface area contributed by atoms with E-state index in [-0.39, 0.29) is 0 Å². The summed E-state index contributed by atoms with van der Waals surface area (Å²) in [5.41, 5.74) is 2.08. The van der Waals surface area contributed by atoms with Crippen LogP contribution in [-0.2, 0) is 6.54 Å². The molecule has 0 spiro atoms. The standard InChI is InChI=1S/C10H11NO2/c1-7-5-8(6-11-2)3-4-9(7)10(12)13/h3-5H,2,6H2,1H3,(H,12,13). The molecule has 1 aromatic rings. The molecule has 3 heteroatoms. The summed E-state index contributed by atoms with van der Waals surface area (Å²) < 4.78 is 0. The van der Waals surface area contributed by atoms with Gasteiger partial charge in [0.2, 0.25) is 0 Å². The predicted octanol–water partition coefficient (Wildman–Crippen LogP) is 1.89. The molecule has 1 rings (SSSR count). The fourth-order valence-corrected chi connectivity index (χ4v) is 1.19. The van der Waals surface area contributed by atoms with Crippen molar-refractivity contribution in [1.82, 2.24) is 0 Å². The van der Waals surface area contributed by atoms with Crippen LogP contribution in [0, 0.1) is 6.92 Å². The van der Waals surface area contributed by atoms with Crippen molar-refractivity contribution < 1.29 is 9.90 Å². The van der Waals surface area contributed by atoms with E-state index in [0.717, 1.165) is 11.1 Å². The molecule has 0 unspecified atom stereocenters. The van der Waals surface area contributed by atoms with Gasteiger partial charge in [0.05, 0.1) is 12.1 Å². The first kappa shape index (κ1) is 9.45. The van der Waals surface area contributed by atoms with Crippen LogP contribution in [-0.4, -0.2) is 17.8 Å². The van der Waals surface area contributed by atoms with Gasteiger partial charge >= 0.3 is 5.97 Å². The van der Waals surface area contributed by atoms with Crippen LogP contribution in [0.4, 0.5) is 0 Å². The molecule has 13 heavy (non-hydrogen) atoms. The minimum Gasteiger partial charge on any atom is -0.478 e. The molecule has 0 aliphatic heterocycles. The number of hydrogen-bond acceptors (Lipinski definition) is 2. The number of benzene rings is 1. The first-order valence-corrected chi connectivity index (χ1v) is 3.90. The van der Waals surface area contributed by atoms with Crippen LogP contribution in [0.1, 0.15) is 21.5 Å². The second kappa shape index (κ2) is 3.85. The number of carboxylic acid groups (broad SMARTS) is 1. The van der Waals surface area contributed by atoms with Gasteiger partial charge in [0.15, 0.2) is 0 Å². The SMILES string of the molecule is C=NCc1ccc(C(=O)O)c(C)c1. The molecule has 0 fully saturated rings. The lowest BCUT2D eigenvalue weighted by atomic mass is 10.1. The van der Waals surface area contributed by atoms with Gasteiger partial charge in [-0.05, 0) is 30.8 Å². The summed E-state index contributed by atoms with van der Waals surface area (Å²) in [6, 6.07) is 5.17. The Hall–Kier alpha value is -1.64. The number of carboxylic acids is 1. The maximum Gasteiger partial charge on any atom is 0.335 e. The summed E-state index contributed by atoms with van der Waals surface area (Å²) in [6.07, 6.45) is 0. The molecular formula is C10H11NO2. The average Bonchev–Trinajstić information content (AvgIpc) is 2.04. The third kappa shape index (κ3) is 2.15. The average molecular weight is 177 g/mol. The van der Waals surface area contributed by atoms with Crippen molar-refractivity contribution in [2.75, 3.05) is 0 Å². The molecule has 0 aromatic heterocycles.